The summed E-state index contributed by atoms with van der Waals surface area (Å²) in [6, 6.07) is 0.402. The van der Waals surface area contributed by atoms with Crippen molar-refractivity contribution in [2.24, 2.45) is 0 Å². The van der Waals surface area contributed by atoms with Crippen LogP contribution in [0.1, 0.15) is 19.8 Å². The Morgan fingerprint density at radius 1 is 1.65 bits per heavy atom. The van der Waals surface area contributed by atoms with Gasteiger partial charge in [-0.2, -0.15) is 5.10 Å². The van der Waals surface area contributed by atoms with Crippen molar-refractivity contribution in [3.63, 3.8) is 0 Å². The highest BCUT2D eigenvalue weighted by Gasteiger charge is 2.18. The van der Waals surface area contributed by atoms with Crippen LogP contribution < -0.4 is 16.2 Å². The molecule has 0 amide bonds. The zero-order valence-corrected chi connectivity index (χ0v) is 11.5. The molecule has 1 aromatic heterocycles. The van der Waals surface area contributed by atoms with E-state index in [4.69, 9.17) is 0 Å². The summed E-state index contributed by atoms with van der Waals surface area (Å²) >= 11 is 3.35. The van der Waals surface area contributed by atoms with Crippen molar-refractivity contribution in [2.75, 3.05) is 18.4 Å². The molecule has 2 N–H and O–H groups in total. The van der Waals surface area contributed by atoms with Crippen molar-refractivity contribution >= 4 is 21.6 Å². The van der Waals surface area contributed by atoms with E-state index in [1.54, 1.807) is 6.20 Å². The highest BCUT2D eigenvalue weighted by atomic mass is 79.9. The fourth-order valence-corrected chi connectivity index (χ4v) is 2.07. The predicted octanol–water partition coefficient (Wildman–Crippen LogP) is 1.19. The Hall–Kier alpha value is -0.880. The van der Waals surface area contributed by atoms with Crippen LogP contribution in [0, 0.1) is 0 Å². The molecule has 17 heavy (non-hydrogen) atoms. The summed E-state index contributed by atoms with van der Waals surface area (Å²) in [5.41, 5.74) is 0.727. The smallest absolute Gasteiger partial charge is 0.283 e. The molecule has 0 aliphatic carbocycles. The van der Waals surface area contributed by atoms with E-state index in [2.05, 4.69) is 38.6 Å². The fraction of sp³-hybridized carbons (Fsp3) is 0.636. The molecule has 1 aromatic rings. The van der Waals surface area contributed by atoms with Crippen LogP contribution in [0.3, 0.4) is 0 Å². The topological polar surface area (TPSA) is 59.0 Å². The first-order valence-electron chi connectivity index (χ1n) is 5.95. The van der Waals surface area contributed by atoms with E-state index in [0.29, 0.717) is 17.1 Å². The molecule has 1 saturated heterocycles. The third-order valence-corrected chi connectivity index (χ3v) is 3.62. The van der Waals surface area contributed by atoms with E-state index in [0.717, 1.165) is 31.6 Å². The number of aryl methyl sites for hydroxylation is 1. The van der Waals surface area contributed by atoms with Gasteiger partial charge in [0.2, 0.25) is 0 Å². The maximum Gasteiger partial charge on any atom is 0.283 e. The van der Waals surface area contributed by atoms with Crippen LogP contribution >= 0.6 is 15.9 Å². The molecule has 94 valence electrons. The lowest BCUT2D eigenvalue weighted by Crippen LogP contribution is -2.51. The molecule has 1 aliphatic heterocycles. The van der Waals surface area contributed by atoms with Crippen LogP contribution in [-0.2, 0) is 6.54 Å². The number of nitrogens with zero attached hydrogens (tertiary/aromatic N) is 2. The summed E-state index contributed by atoms with van der Waals surface area (Å²) in [5.74, 6) is 0. The van der Waals surface area contributed by atoms with Gasteiger partial charge in [0.1, 0.15) is 4.47 Å². The monoisotopic (exact) mass is 300 g/mol. The zero-order valence-electron chi connectivity index (χ0n) is 9.87. The van der Waals surface area contributed by atoms with Crippen molar-refractivity contribution < 1.29 is 0 Å². The van der Waals surface area contributed by atoms with Gasteiger partial charge in [0, 0.05) is 19.6 Å². The normalized spacial score (nSPS) is 15.6. The largest absolute Gasteiger partial charge is 0.377 e. The minimum absolute atomic E-state index is 0.0595. The summed E-state index contributed by atoms with van der Waals surface area (Å²) in [6.45, 7) is 4.65. The van der Waals surface area contributed by atoms with E-state index in [9.17, 15) is 4.79 Å². The number of nitrogens with one attached hydrogen (secondary N) is 2. The van der Waals surface area contributed by atoms with Crippen LogP contribution in [-0.4, -0.2) is 28.9 Å². The second kappa shape index (κ2) is 5.64. The van der Waals surface area contributed by atoms with Crippen LogP contribution in [0.2, 0.25) is 0 Å². The highest BCUT2D eigenvalue weighted by Crippen LogP contribution is 2.18. The van der Waals surface area contributed by atoms with Gasteiger partial charge < -0.3 is 10.6 Å². The average Bonchev–Trinajstić information content (AvgIpc) is 2.27. The summed E-state index contributed by atoms with van der Waals surface area (Å²) in [6.07, 6.45) is 3.75. The van der Waals surface area contributed by atoms with Crippen LogP contribution in [0.5, 0.6) is 0 Å². The molecule has 6 heteroatoms. The van der Waals surface area contributed by atoms with Crippen molar-refractivity contribution in [1.82, 2.24) is 15.1 Å². The highest BCUT2D eigenvalue weighted by molar-refractivity contribution is 9.10. The van der Waals surface area contributed by atoms with Gasteiger partial charge in [-0.3, -0.25) is 4.79 Å². The van der Waals surface area contributed by atoms with Crippen molar-refractivity contribution in [1.29, 1.82) is 0 Å². The summed E-state index contributed by atoms with van der Waals surface area (Å²) in [5, 5.41) is 10.6. The number of rotatable bonds is 5. The summed E-state index contributed by atoms with van der Waals surface area (Å²) < 4.78 is 2.09. The molecule has 0 bridgehead atoms. The Kier molecular flexibility index (Phi) is 4.17. The molecule has 2 rings (SSSR count). The van der Waals surface area contributed by atoms with Gasteiger partial charge in [-0.15, -0.1) is 0 Å². The molecule has 0 atom stereocenters. The maximum atomic E-state index is 12.0. The van der Waals surface area contributed by atoms with Gasteiger partial charge in [-0.1, -0.05) is 13.3 Å². The minimum Gasteiger partial charge on any atom is -0.377 e. The molecule has 2 heterocycles. The molecule has 0 aromatic carbocycles. The third-order valence-electron chi connectivity index (χ3n) is 2.85. The first-order chi connectivity index (χ1) is 8.22. The van der Waals surface area contributed by atoms with Gasteiger partial charge in [-0.05, 0) is 22.4 Å². The van der Waals surface area contributed by atoms with Crippen molar-refractivity contribution in [3.05, 3.63) is 21.0 Å². The zero-order chi connectivity index (χ0) is 12.3. The Morgan fingerprint density at radius 3 is 3.00 bits per heavy atom. The average molecular weight is 301 g/mol. The number of halogens is 1. The number of unbranched alkanes of at least 4 members (excludes halogenated alkanes) is 1. The molecule has 1 fully saturated rings. The fourth-order valence-electron chi connectivity index (χ4n) is 1.64. The molecule has 1 aliphatic rings. The second-order valence-corrected chi connectivity index (χ2v) is 5.05. The number of hydrogen-bond acceptors (Lipinski definition) is 4. The lowest BCUT2D eigenvalue weighted by atomic mass is 10.2. The molecule has 0 saturated carbocycles. The summed E-state index contributed by atoms with van der Waals surface area (Å²) in [4.78, 5) is 12.0. The van der Waals surface area contributed by atoms with Crippen LogP contribution in [0.25, 0.3) is 0 Å². The van der Waals surface area contributed by atoms with Gasteiger partial charge in [0.05, 0.1) is 17.9 Å². The number of hydrogen-bond donors (Lipinski definition) is 2. The molecule has 0 unspecified atom stereocenters. The maximum absolute atomic E-state index is 12.0. The lowest BCUT2D eigenvalue weighted by Gasteiger charge is -2.29. The predicted molar refractivity (Wildman–Crippen MR) is 71.4 cm³/mol. The van der Waals surface area contributed by atoms with Gasteiger partial charge in [0.25, 0.3) is 5.56 Å². The standard InChI is InChI=1S/C11H17BrN4O/c1-2-3-4-16-11(17)10(12)9(7-14-16)15-8-5-13-6-8/h7-8,13,15H,2-6H2,1H3. The number of aromatic nitrogens is 2. The Balaban J connectivity index is 2.13. The van der Waals surface area contributed by atoms with E-state index in [-0.39, 0.29) is 5.56 Å². The molecule has 5 nitrogen and oxygen atoms in total. The van der Waals surface area contributed by atoms with Crippen molar-refractivity contribution in [3.8, 4) is 0 Å². The van der Waals surface area contributed by atoms with E-state index >= 15 is 0 Å². The van der Waals surface area contributed by atoms with Gasteiger partial charge in [0.15, 0.2) is 0 Å². The van der Waals surface area contributed by atoms with E-state index in [1.165, 1.54) is 4.68 Å². The Labute approximate surface area is 109 Å². The lowest BCUT2D eigenvalue weighted by molar-refractivity contribution is 0.470. The molecule has 0 radical (unpaired) electrons. The molecule has 0 spiro atoms. The third kappa shape index (κ3) is 2.87. The van der Waals surface area contributed by atoms with Crippen molar-refractivity contribution in [2.45, 2.75) is 32.4 Å². The number of anilines is 1. The Morgan fingerprint density at radius 2 is 2.41 bits per heavy atom. The first kappa shape index (κ1) is 12.6. The van der Waals surface area contributed by atoms with Crippen LogP contribution in [0.15, 0.2) is 15.5 Å². The SMILES string of the molecule is CCCCn1ncc(NC2CNC2)c(Br)c1=O. The van der Waals surface area contributed by atoms with E-state index in [1.807, 2.05) is 0 Å². The second-order valence-electron chi connectivity index (χ2n) is 4.25. The van der Waals surface area contributed by atoms with Gasteiger partial charge in [-0.25, -0.2) is 4.68 Å². The minimum atomic E-state index is -0.0595. The van der Waals surface area contributed by atoms with E-state index < -0.39 is 0 Å². The molecular weight excluding hydrogens is 284 g/mol. The first-order valence-corrected chi connectivity index (χ1v) is 6.74. The summed E-state index contributed by atoms with van der Waals surface area (Å²) in [7, 11) is 0. The van der Waals surface area contributed by atoms with Crippen LogP contribution in [0.4, 0.5) is 5.69 Å². The Bertz CT molecular complexity index is 442. The van der Waals surface area contributed by atoms with Gasteiger partial charge >= 0.3 is 0 Å². The molecular formula is C11H17BrN4O. The quantitative estimate of drug-likeness (QED) is 0.858.